The molecule has 0 spiro atoms. The van der Waals surface area contributed by atoms with Crippen LogP contribution < -0.4 is 0 Å². The molecule has 0 aromatic carbocycles. The zero-order chi connectivity index (χ0) is 14.0. The molecular weight excluding hydrogens is 275 g/mol. The van der Waals surface area contributed by atoms with Gasteiger partial charge >= 0.3 is 11.9 Å². The molecule has 0 aliphatic rings. The highest BCUT2D eigenvalue weighted by Crippen LogP contribution is 2.07. The van der Waals surface area contributed by atoms with Gasteiger partial charge in [-0.25, -0.2) is 0 Å². The first-order valence-corrected chi connectivity index (χ1v) is 5.23. The molecule has 0 saturated carbocycles. The van der Waals surface area contributed by atoms with Crippen LogP contribution in [0.2, 0.25) is 0 Å². The van der Waals surface area contributed by atoms with Gasteiger partial charge in [-0.15, -0.1) is 0 Å². The molecule has 1 atom stereocenters. The molecule has 2 N–H and O–H groups in total. The quantitative estimate of drug-likeness (QED) is 0.716. The predicted octanol–water partition coefficient (Wildman–Crippen LogP) is 1.48. The Balaban J connectivity index is 0. The Morgan fingerprint density at radius 2 is 1.35 bits per heavy atom. The predicted molar refractivity (Wildman–Crippen MR) is 60.0 cm³/mol. The van der Waals surface area contributed by atoms with Gasteiger partial charge in [-0.05, 0) is 23.2 Å². The van der Waals surface area contributed by atoms with E-state index in [2.05, 4.69) is 0 Å². The van der Waals surface area contributed by atoms with Gasteiger partial charge in [-0.3, -0.25) is 19.2 Å². The Labute approximate surface area is 108 Å². The van der Waals surface area contributed by atoms with Crippen molar-refractivity contribution in [2.75, 3.05) is 0 Å². The molecule has 0 fully saturated rings. The summed E-state index contributed by atoms with van der Waals surface area (Å²) in [6, 6.07) is 0. The Kier molecular flexibility index (Phi) is 10.8. The fourth-order valence-corrected chi connectivity index (χ4v) is 0.843. The lowest BCUT2D eigenvalue weighted by atomic mass is 10.1. The van der Waals surface area contributed by atoms with E-state index >= 15 is 0 Å². The van der Waals surface area contributed by atoms with Crippen molar-refractivity contribution in [1.82, 2.24) is 0 Å². The molecule has 0 saturated heterocycles. The molecule has 0 bridgehead atoms. The molecule has 8 heteroatoms. The average molecular weight is 287 g/mol. The molecule has 0 rings (SSSR count). The first-order valence-electron chi connectivity index (χ1n) is 4.48. The number of carboxylic acid groups (broad SMARTS) is 2. The van der Waals surface area contributed by atoms with Gasteiger partial charge < -0.3 is 10.2 Å². The molecule has 0 aromatic heterocycles. The van der Waals surface area contributed by atoms with Crippen LogP contribution in [0.3, 0.4) is 0 Å². The van der Waals surface area contributed by atoms with Gasteiger partial charge in [0.1, 0.15) is 0 Å². The highest BCUT2D eigenvalue weighted by Gasteiger charge is 2.12. The molecule has 0 aliphatic heterocycles. The molecular formula is C9H12Cl2O6. The van der Waals surface area contributed by atoms with Gasteiger partial charge in [-0.2, -0.15) is 0 Å². The van der Waals surface area contributed by atoms with Crippen molar-refractivity contribution in [3.63, 3.8) is 0 Å². The van der Waals surface area contributed by atoms with Crippen molar-refractivity contribution in [2.24, 2.45) is 5.92 Å². The number of aliphatic carboxylic acids is 2. The summed E-state index contributed by atoms with van der Waals surface area (Å²) < 4.78 is 0. The number of carboxylic acids is 2. The third kappa shape index (κ3) is 17.5. The Morgan fingerprint density at radius 1 is 1.00 bits per heavy atom. The third-order valence-electron chi connectivity index (χ3n) is 1.41. The van der Waals surface area contributed by atoms with Crippen molar-refractivity contribution >= 4 is 45.6 Å². The molecule has 6 nitrogen and oxygen atoms in total. The smallest absolute Gasteiger partial charge is 0.303 e. The summed E-state index contributed by atoms with van der Waals surface area (Å²) in [5.41, 5.74) is 0. The summed E-state index contributed by atoms with van der Waals surface area (Å²) in [4.78, 5) is 39.6. The second-order valence-electron chi connectivity index (χ2n) is 3.05. The Hall–Kier alpha value is -1.14. The maximum Gasteiger partial charge on any atom is 0.303 e. The van der Waals surface area contributed by atoms with Crippen LogP contribution in [0.15, 0.2) is 0 Å². The number of carbonyl (C=O) groups is 4. The maximum absolute atomic E-state index is 10.2. The van der Waals surface area contributed by atoms with E-state index < -0.39 is 28.3 Å². The fourth-order valence-electron chi connectivity index (χ4n) is 0.535. The average Bonchev–Trinajstić information content (AvgIpc) is 2.14. The second kappa shape index (κ2) is 10.0. The van der Waals surface area contributed by atoms with E-state index in [0.717, 1.165) is 0 Å². The van der Waals surface area contributed by atoms with Gasteiger partial charge in [-0.1, -0.05) is 6.92 Å². The molecule has 0 aromatic rings. The molecule has 98 valence electrons. The van der Waals surface area contributed by atoms with Gasteiger partial charge in [0, 0.05) is 12.3 Å². The lowest BCUT2D eigenvalue weighted by Gasteiger charge is -1.98. The highest BCUT2D eigenvalue weighted by molar-refractivity contribution is 6.66. The van der Waals surface area contributed by atoms with E-state index in [9.17, 15) is 19.2 Å². The topological polar surface area (TPSA) is 109 Å². The second-order valence-corrected chi connectivity index (χ2v) is 3.85. The number of halogens is 2. The summed E-state index contributed by atoms with van der Waals surface area (Å²) in [5.74, 6) is -2.61. The van der Waals surface area contributed by atoms with Crippen LogP contribution in [0.1, 0.15) is 26.2 Å². The lowest BCUT2D eigenvalue weighted by molar-refractivity contribution is -0.143. The van der Waals surface area contributed by atoms with Crippen LogP contribution in [0.25, 0.3) is 0 Å². The fraction of sp³-hybridized carbons (Fsp3) is 0.556. The minimum atomic E-state index is -1.08. The van der Waals surface area contributed by atoms with Crippen molar-refractivity contribution in [1.29, 1.82) is 0 Å². The Bertz CT molecular complexity index is 288. The van der Waals surface area contributed by atoms with Crippen LogP contribution in [0, 0.1) is 5.92 Å². The van der Waals surface area contributed by atoms with E-state index in [-0.39, 0.29) is 19.3 Å². The van der Waals surface area contributed by atoms with E-state index in [1.54, 1.807) is 6.92 Å². The summed E-state index contributed by atoms with van der Waals surface area (Å²) in [6.07, 6.45) is -0.575. The van der Waals surface area contributed by atoms with E-state index in [4.69, 9.17) is 33.4 Å². The minimum Gasteiger partial charge on any atom is -0.481 e. The number of carbonyl (C=O) groups excluding carboxylic acids is 2. The van der Waals surface area contributed by atoms with Crippen LogP contribution in [0.5, 0.6) is 0 Å². The van der Waals surface area contributed by atoms with Crippen LogP contribution in [-0.2, 0) is 19.2 Å². The minimum absolute atomic E-state index is 0.0177. The molecule has 1 unspecified atom stereocenters. The van der Waals surface area contributed by atoms with Crippen molar-refractivity contribution < 1.29 is 29.4 Å². The third-order valence-corrected chi connectivity index (χ3v) is 1.93. The molecule has 17 heavy (non-hydrogen) atoms. The summed E-state index contributed by atoms with van der Waals surface area (Å²) in [7, 11) is 0. The van der Waals surface area contributed by atoms with Gasteiger partial charge in [0.05, 0.1) is 12.8 Å². The van der Waals surface area contributed by atoms with Crippen LogP contribution in [-0.4, -0.2) is 32.6 Å². The van der Waals surface area contributed by atoms with Crippen molar-refractivity contribution in [2.45, 2.75) is 26.2 Å². The molecule has 0 heterocycles. The molecule has 0 amide bonds. The van der Waals surface area contributed by atoms with E-state index in [1.807, 2.05) is 0 Å². The van der Waals surface area contributed by atoms with Crippen molar-refractivity contribution in [3.8, 4) is 0 Å². The number of hydrogen-bond acceptors (Lipinski definition) is 4. The molecule has 0 radical (unpaired) electrons. The zero-order valence-corrected chi connectivity index (χ0v) is 10.5. The standard InChI is InChI=1S/C5H6Cl2O2.C4H6O4/c1-3(5(7)9)2-4(6)8;5-3(6)1-2-4(7)8/h3H,2H2,1H3;1-2H2,(H,5,6)(H,7,8). The number of rotatable bonds is 6. The van der Waals surface area contributed by atoms with E-state index in [1.165, 1.54) is 0 Å². The number of hydrogen-bond donors (Lipinski definition) is 2. The summed E-state index contributed by atoms with van der Waals surface area (Å²) in [6.45, 7) is 1.55. The Morgan fingerprint density at radius 3 is 1.47 bits per heavy atom. The SMILES string of the molecule is CC(CC(=O)Cl)C(=O)Cl.O=C(O)CCC(=O)O. The monoisotopic (exact) mass is 286 g/mol. The summed E-state index contributed by atoms with van der Waals surface area (Å²) >= 11 is 9.99. The van der Waals surface area contributed by atoms with E-state index in [0.29, 0.717) is 0 Å². The highest BCUT2D eigenvalue weighted by atomic mass is 35.5. The normalized spacial score (nSPS) is 10.8. The summed E-state index contributed by atoms with van der Waals surface area (Å²) in [5, 5.41) is 14.7. The van der Waals surface area contributed by atoms with Gasteiger partial charge in [0.2, 0.25) is 10.5 Å². The lowest BCUT2D eigenvalue weighted by Crippen LogP contribution is -2.06. The largest absolute Gasteiger partial charge is 0.481 e. The zero-order valence-electron chi connectivity index (χ0n) is 8.98. The molecule has 0 aliphatic carbocycles. The first-order chi connectivity index (χ1) is 7.66. The van der Waals surface area contributed by atoms with Crippen LogP contribution in [0.4, 0.5) is 0 Å². The van der Waals surface area contributed by atoms with Crippen LogP contribution >= 0.6 is 23.2 Å². The first kappa shape index (κ1) is 18.2. The van der Waals surface area contributed by atoms with Crippen molar-refractivity contribution in [3.05, 3.63) is 0 Å². The van der Waals surface area contributed by atoms with Gasteiger partial charge in [0.15, 0.2) is 0 Å². The maximum atomic E-state index is 10.2. The van der Waals surface area contributed by atoms with Gasteiger partial charge in [0.25, 0.3) is 0 Å².